The molecule has 1 aromatic carbocycles. The Balaban J connectivity index is 1.22. The average molecular weight is 484 g/mol. The lowest BCUT2D eigenvalue weighted by Crippen LogP contribution is -2.45. The topological polar surface area (TPSA) is 135 Å². The van der Waals surface area contributed by atoms with Gasteiger partial charge in [-0.2, -0.15) is 4.68 Å². The molecule has 0 aliphatic carbocycles. The Morgan fingerprint density at radius 3 is 2.51 bits per heavy atom. The van der Waals surface area contributed by atoms with Crippen LogP contribution < -0.4 is 21.9 Å². The molecule has 1 unspecified atom stereocenters. The third-order valence-corrected chi connectivity index (χ3v) is 7.07. The number of fused-ring (bicyclic) bond motifs is 1. The summed E-state index contributed by atoms with van der Waals surface area (Å²) in [4.78, 5) is 39.4. The second-order valence-electron chi connectivity index (χ2n) is 9.73. The number of piperidine rings is 2. The summed E-state index contributed by atoms with van der Waals surface area (Å²) in [7, 11) is 0. The molecule has 0 saturated carbocycles. The summed E-state index contributed by atoms with van der Waals surface area (Å²) in [6.45, 7) is 4.23. The zero-order chi connectivity index (χ0) is 24.6. The second-order valence-corrected chi connectivity index (χ2v) is 9.73. The predicted molar refractivity (Wildman–Crippen MR) is 135 cm³/mol. The molecule has 2 fully saturated rings. The Kier molecular flexibility index (Phi) is 8.81. The molecule has 2 aliphatic rings. The normalized spacial score (nSPS) is 19.7. The summed E-state index contributed by atoms with van der Waals surface area (Å²) in [6.07, 6.45) is 9.78. The lowest BCUT2D eigenvalue weighted by molar-refractivity contribution is -0.136. The van der Waals surface area contributed by atoms with Crippen molar-refractivity contribution in [2.75, 3.05) is 31.5 Å². The molecule has 35 heavy (non-hydrogen) atoms. The van der Waals surface area contributed by atoms with Crippen LogP contribution in [0.25, 0.3) is 10.9 Å². The summed E-state index contributed by atoms with van der Waals surface area (Å²) in [5.74, 6) is -0.842. The molecule has 2 amide bonds. The molecule has 0 radical (unpaired) electrons. The highest BCUT2D eigenvalue weighted by Crippen LogP contribution is 2.21. The Labute approximate surface area is 205 Å². The fourth-order valence-electron chi connectivity index (χ4n) is 4.93. The average Bonchev–Trinajstić information content (AvgIpc) is 2.85. The number of hydrogen-bond acceptors (Lipinski definition) is 8. The summed E-state index contributed by atoms with van der Waals surface area (Å²) < 4.78 is 1.10. The fraction of sp³-hybridized carbons (Fsp3) is 0.640. The van der Waals surface area contributed by atoms with Gasteiger partial charge in [0.1, 0.15) is 11.6 Å². The van der Waals surface area contributed by atoms with E-state index in [9.17, 15) is 14.4 Å². The Morgan fingerprint density at radius 1 is 1.00 bits per heavy atom. The fourth-order valence-corrected chi connectivity index (χ4v) is 4.93. The molecule has 2 aliphatic heterocycles. The van der Waals surface area contributed by atoms with E-state index in [0.717, 1.165) is 50.0 Å². The van der Waals surface area contributed by atoms with Gasteiger partial charge < -0.3 is 16.0 Å². The Morgan fingerprint density at radius 2 is 1.74 bits per heavy atom. The van der Waals surface area contributed by atoms with Gasteiger partial charge in [-0.3, -0.25) is 19.7 Å². The van der Waals surface area contributed by atoms with Gasteiger partial charge in [0.25, 0.3) is 11.5 Å². The number of carbonyl (C=O) groups excluding carboxylic acids is 2. The third kappa shape index (κ3) is 6.64. The number of carbonyl (C=O) groups is 2. The number of hydrogen-bond donors (Lipinski definition) is 3. The quantitative estimate of drug-likeness (QED) is 0.326. The minimum atomic E-state index is -0.822. The van der Waals surface area contributed by atoms with Crippen LogP contribution >= 0.6 is 0 Å². The molecule has 1 aromatic heterocycles. The molecule has 4 N–H and O–H groups in total. The minimum absolute atomic E-state index is 0.176. The first-order chi connectivity index (χ1) is 17.0. The van der Waals surface area contributed by atoms with E-state index in [1.165, 1.54) is 32.2 Å². The lowest BCUT2D eigenvalue weighted by Gasteiger charge is -2.29. The molecular weight excluding hydrogens is 446 g/mol. The van der Waals surface area contributed by atoms with Crippen LogP contribution in [-0.4, -0.2) is 63.9 Å². The van der Waals surface area contributed by atoms with E-state index in [-0.39, 0.29) is 24.3 Å². The zero-order valence-electron chi connectivity index (χ0n) is 20.4. The molecule has 3 heterocycles. The minimum Gasteiger partial charge on any atom is -0.384 e. The predicted octanol–water partition coefficient (Wildman–Crippen LogP) is 1.94. The Hall–Kier alpha value is -2.85. The molecule has 1 atom stereocenters. The largest absolute Gasteiger partial charge is 0.384 e. The van der Waals surface area contributed by atoms with Gasteiger partial charge in [-0.1, -0.05) is 37.0 Å². The molecule has 10 nitrogen and oxygen atoms in total. The molecule has 2 aromatic rings. The number of nitrogens with one attached hydrogen (secondary N) is 2. The van der Waals surface area contributed by atoms with Gasteiger partial charge in [-0.25, -0.2) is 0 Å². The van der Waals surface area contributed by atoms with E-state index in [1.54, 1.807) is 6.07 Å². The van der Waals surface area contributed by atoms with Gasteiger partial charge in [0.15, 0.2) is 0 Å². The zero-order valence-corrected chi connectivity index (χ0v) is 20.4. The van der Waals surface area contributed by atoms with Gasteiger partial charge >= 0.3 is 0 Å². The number of rotatable bonds is 11. The monoisotopic (exact) mass is 483 g/mol. The summed E-state index contributed by atoms with van der Waals surface area (Å²) in [5.41, 5.74) is 6.78. The van der Waals surface area contributed by atoms with Gasteiger partial charge in [0.05, 0.1) is 5.39 Å². The molecule has 0 spiro atoms. The molecular formula is C25H37N7O3. The van der Waals surface area contributed by atoms with Crippen molar-refractivity contribution in [1.82, 2.24) is 25.2 Å². The van der Waals surface area contributed by atoms with Crippen LogP contribution in [0.15, 0.2) is 23.0 Å². The number of nitrogens with two attached hydrogens (primary N) is 1. The highest BCUT2D eigenvalue weighted by atomic mass is 16.2. The van der Waals surface area contributed by atoms with Gasteiger partial charge in [0.2, 0.25) is 5.91 Å². The molecule has 4 rings (SSSR count). The number of nitrogens with zero attached hydrogens (tertiary/aromatic N) is 4. The van der Waals surface area contributed by atoms with E-state index in [2.05, 4.69) is 25.8 Å². The number of unbranched alkanes of at least 4 members (excludes halogenated alkanes) is 5. The number of anilines is 1. The van der Waals surface area contributed by atoms with Crippen molar-refractivity contribution < 1.29 is 9.59 Å². The maximum atomic E-state index is 13.2. The van der Waals surface area contributed by atoms with Crippen molar-refractivity contribution in [2.45, 2.75) is 76.3 Å². The standard InChI is InChI=1S/C25H37N7O3/c26-18-12-16-31(17-13-18)15-6-4-2-1-3-5-14-27-19-8-7-9-20-23(19)25(35)32(30-29-20)21-10-11-22(33)28-24(21)34/h7-9,18,21,27H,1-6,10-17,26H2,(H,28,33,34). The van der Waals surface area contributed by atoms with Gasteiger partial charge in [0, 0.05) is 24.7 Å². The summed E-state index contributed by atoms with van der Waals surface area (Å²) in [6, 6.07) is 5.01. The number of imide groups is 1. The molecule has 10 heteroatoms. The Bertz CT molecular complexity index is 1080. The van der Waals surface area contributed by atoms with E-state index >= 15 is 0 Å². The third-order valence-electron chi connectivity index (χ3n) is 7.07. The van der Waals surface area contributed by atoms with Crippen molar-refractivity contribution in [3.8, 4) is 0 Å². The van der Waals surface area contributed by atoms with Crippen LogP contribution in [0.2, 0.25) is 0 Å². The van der Waals surface area contributed by atoms with Crippen LogP contribution in [0.3, 0.4) is 0 Å². The van der Waals surface area contributed by atoms with Crippen molar-refractivity contribution in [3.63, 3.8) is 0 Å². The van der Waals surface area contributed by atoms with Crippen molar-refractivity contribution in [1.29, 1.82) is 0 Å². The molecule has 2 saturated heterocycles. The van der Waals surface area contributed by atoms with Gasteiger partial charge in [-0.15, -0.1) is 5.10 Å². The lowest BCUT2D eigenvalue weighted by atomic mass is 10.1. The first kappa shape index (κ1) is 25.2. The highest BCUT2D eigenvalue weighted by molar-refractivity contribution is 5.99. The van der Waals surface area contributed by atoms with Crippen molar-refractivity contribution in [3.05, 3.63) is 28.6 Å². The van der Waals surface area contributed by atoms with Gasteiger partial charge in [-0.05, 0) is 63.9 Å². The maximum absolute atomic E-state index is 13.2. The van der Waals surface area contributed by atoms with Crippen molar-refractivity contribution in [2.24, 2.45) is 5.73 Å². The highest BCUT2D eigenvalue weighted by Gasteiger charge is 2.30. The number of benzene rings is 1. The van der Waals surface area contributed by atoms with E-state index in [0.29, 0.717) is 22.6 Å². The van der Waals surface area contributed by atoms with E-state index in [4.69, 9.17) is 5.73 Å². The smallest absolute Gasteiger partial charge is 0.280 e. The van der Waals surface area contributed by atoms with E-state index in [1.807, 2.05) is 12.1 Å². The van der Waals surface area contributed by atoms with Crippen LogP contribution in [0, 0.1) is 0 Å². The number of aromatic nitrogens is 3. The first-order valence-corrected chi connectivity index (χ1v) is 13.0. The first-order valence-electron chi connectivity index (χ1n) is 13.0. The summed E-state index contributed by atoms with van der Waals surface area (Å²) in [5, 5.41) is 14.2. The van der Waals surface area contributed by atoms with E-state index < -0.39 is 11.9 Å². The second kappa shape index (κ2) is 12.2. The number of likely N-dealkylation sites (tertiary alicyclic amines) is 1. The SMILES string of the molecule is NC1CCN(CCCCCCCCNc2cccc3nnn(C4CCC(=O)NC4=O)c(=O)c23)CC1. The van der Waals surface area contributed by atoms with Crippen LogP contribution in [0.1, 0.15) is 70.3 Å². The van der Waals surface area contributed by atoms with Crippen LogP contribution in [0.5, 0.6) is 0 Å². The van der Waals surface area contributed by atoms with Crippen molar-refractivity contribution >= 4 is 28.4 Å². The summed E-state index contributed by atoms with van der Waals surface area (Å²) >= 11 is 0. The molecule has 0 bridgehead atoms. The number of amides is 2. The molecule has 190 valence electrons. The maximum Gasteiger partial charge on any atom is 0.280 e. The van der Waals surface area contributed by atoms with Crippen LogP contribution in [-0.2, 0) is 9.59 Å². The van der Waals surface area contributed by atoms with Crippen LogP contribution in [0.4, 0.5) is 5.69 Å².